The number of benzene rings is 1. The Kier molecular flexibility index (Phi) is 3.57. The van der Waals surface area contributed by atoms with Crippen molar-refractivity contribution in [2.75, 3.05) is 5.32 Å². The topological polar surface area (TPSA) is 92.5 Å². The Morgan fingerprint density at radius 2 is 2.17 bits per heavy atom. The number of anilines is 1. The van der Waals surface area contributed by atoms with Crippen LogP contribution in [0.1, 0.15) is 24.2 Å². The summed E-state index contributed by atoms with van der Waals surface area (Å²) in [5, 5.41) is 22.5. The summed E-state index contributed by atoms with van der Waals surface area (Å²) in [6.45, 7) is 3.36. The molecule has 0 bridgehead atoms. The van der Waals surface area contributed by atoms with Gasteiger partial charge in [-0.25, -0.2) is 4.79 Å². The molecular weight excluding hydrogens is 236 g/mol. The van der Waals surface area contributed by atoms with Gasteiger partial charge < -0.3 is 10.4 Å². The van der Waals surface area contributed by atoms with E-state index >= 15 is 0 Å². The molecule has 0 saturated carbocycles. The number of aromatic carboxylic acids is 1. The molecule has 0 aromatic heterocycles. The average Bonchev–Trinajstić information content (AvgIpc) is 2.28. The van der Waals surface area contributed by atoms with Gasteiger partial charge in [0.2, 0.25) is 0 Å². The molecule has 18 heavy (non-hydrogen) atoms. The number of carbonyl (C=O) groups is 1. The van der Waals surface area contributed by atoms with Crippen LogP contribution >= 0.6 is 0 Å². The Labute approximate surface area is 104 Å². The van der Waals surface area contributed by atoms with Gasteiger partial charge in [0.15, 0.2) is 0 Å². The largest absolute Gasteiger partial charge is 0.478 e. The molecule has 6 heteroatoms. The van der Waals surface area contributed by atoms with Gasteiger partial charge in [-0.05, 0) is 26.0 Å². The number of hydrogen-bond donors (Lipinski definition) is 2. The fraction of sp³-hybridized carbons (Fsp3) is 0.250. The van der Waals surface area contributed by atoms with Gasteiger partial charge in [-0.2, -0.15) is 0 Å². The van der Waals surface area contributed by atoms with Gasteiger partial charge in [-0.15, -0.1) is 6.42 Å². The predicted octanol–water partition coefficient (Wildman–Crippen LogP) is 2.12. The lowest BCUT2D eigenvalue weighted by Gasteiger charge is -2.20. The Balaban J connectivity index is 3.25. The minimum atomic E-state index is -1.22. The summed E-state index contributed by atoms with van der Waals surface area (Å²) in [6, 6.07) is 3.61. The van der Waals surface area contributed by atoms with Crippen molar-refractivity contribution in [3.05, 3.63) is 33.9 Å². The van der Waals surface area contributed by atoms with Crippen molar-refractivity contribution < 1.29 is 14.8 Å². The summed E-state index contributed by atoms with van der Waals surface area (Å²) in [5.74, 6) is 1.22. The molecule has 0 fully saturated rings. The fourth-order valence-corrected chi connectivity index (χ4v) is 1.29. The maximum absolute atomic E-state index is 10.9. The number of nitrogens with one attached hydrogen (secondary N) is 1. The number of nitro benzene ring substituents is 1. The standard InChI is InChI=1S/C12H12N2O4/c1-4-12(2,3)13-9-6-5-8(11(15)16)7-10(9)14(17)18/h1,5-7,13H,2-3H3,(H,15,16). The van der Waals surface area contributed by atoms with Crippen LogP contribution in [0.4, 0.5) is 11.4 Å². The van der Waals surface area contributed by atoms with Crippen LogP contribution in [0.3, 0.4) is 0 Å². The molecule has 94 valence electrons. The van der Waals surface area contributed by atoms with Crippen molar-refractivity contribution >= 4 is 17.3 Å². The highest BCUT2D eigenvalue weighted by atomic mass is 16.6. The van der Waals surface area contributed by atoms with Crippen molar-refractivity contribution in [2.45, 2.75) is 19.4 Å². The summed E-state index contributed by atoms with van der Waals surface area (Å²) in [6.07, 6.45) is 5.28. The van der Waals surface area contributed by atoms with E-state index in [4.69, 9.17) is 11.5 Å². The Morgan fingerprint density at radius 1 is 1.56 bits per heavy atom. The Morgan fingerprint density at radius 3 is 2.61 bits per heavy atom. The molecular formula is C12H12N2O4. The van der Waals surface area contributed by atoms with Crippen LogP contribution < -0.4 is 5.32 Å². The number of rotatable bonds is 4. The highest BCUT2D eigenvalue weighted by molar-refractivity contribution is 5.89. The lowest BCUT2D eigenvalue weighted by molar-refractivity contribution is -0.384. The van der Waals surface area contributed by atoms with Gasteiger partial charge in [0.25, 0.3) is 5.69 Å². The molecule has 0 spiro atoms. The molecule has 0 aliphatic carbocycles. The quantitative estimate of drug-likeness (QED) is 0.483. The van der Waals surface area contributed by atoms with E-state index in [9.17, 15) is 14.9 Å². The van der Waals surface area contributed by atoms with Crippen molar-refractivity contribution in [1.82, 2.24) is 0 Å². The summed E-state index contributed by atoms with van der Waals surface area (Å²) in [5.41, 5.74) is -1.05. The molecule has 0 radical (unpaired) electrons. The van der Waals surface area contributed by atoms with E-state index in [0.717, 1.165) is 6.07 Å². The predicted molar refractivity (Wildman–Crippen MR) is 66.6 cm³/mol. The number of nitro groups is 1. The van der Waals surface area contributed by atoms with Gasteiger partial charge >= 0.3 is 5.97 Å². The first-order valence-corrected chi connectivity index (χ1v) is 5.04. The summed E-state index contributed by atoms with van der Waals surface area (Å²) in [4.78, 5) is 21.0. The molecule has 0 aliphatic heterocycles. The number of carboxylic acids is 1. The summed E-state index contributed by atoms with van der Waals surface area (Å²) in [7, 11) is 0. The van der Waals surface area contributed by atoms with Gasteiger partial charge in [0.1, 0.15) is 5.69 Å². The Bertz CT molecular complexity index is 543. The fourth-order valence-electron chi connectivity index (χ4n) is 1.29. The number of nitrogens with zero attached hydrogens (tertiary/aromatic N) is 1. The van der Waals surface area contributed by atoms with Crippen molar-refractivity contribution in [3.8, 4) is 12.3 Å². The van der Waals surface area contributed by atoms with Crippen molar-refractivity contribution in [3.63, 3.8) is 0 Å². The highest BCUT2D eigenvalue weighted by Crippen LogP contribution is 2.28. The smallest absolute Gasteiger partial charge is 0.335 e. The van der Waals surface area contributed by atoms with E-state index in [1.54, 1.807) is 13.8 Å². The normalized spacial score (nSPS) is 10.5. The first-order chi connectivity index (χ1) is 8.26. The monoisotopic (exact) mass is 248 g/mol. The van der Waals surface area contributed by atoms with Crippen molar-refractivity contribution in [2.24, 2.45) is 0 Å². The first-order valence-electron chi connectivity index (χ1n) is 5.04. The van der Waals surface area contributed by atoms with E-state index in [-0.39, 0.29) is 16.9 Å². The second-order valence-corrected chi connectivity index (χ2v) is 4.19. The zero-order valence-corrected chi connectivity index (χ0v) is 9.93. The van der Waals surface area contributed by atoms with Gasteiger partial charge in [-0.1, -0.05) is 5.92 Å². The zero-order chi connectivity index (χ0) is 13.9. The second kappa shape index (κ2) is 4.75. The van der Waals surface area contributed by atoms with E-state index in [0.29, 0.717) is 0 Å². The van der Waals surface area contributed by atoms with Crippen LogP contribution in [0.2, 0.25) is 0 Å². The number of carboxylic acid groups (broad SMARTS) is 1. The summed E-state index contributed by atoms with van der Waals surface area (Å²) >= 11 is 0. The number of hydrogen-bond acceptors (Lipinski definition) is 4. The molecule has 1 aromatic carbocycles. The molecule has 6 nitrogen and oxygen atoms in total. The van der Waals surface area contributed by atoms with E-state index in [1.807, 2.05) is 0 Å². The molecule has 0 unspecified atom stereocenters. The van der Waals surface area contributed by atoms with Gasteiger partial charge in [0, 0.05) is 6.07 Å². The molecule has 0 heterocycles. The zero-order valence-electron chi connectivity index (χ0n) is 9.93. The third kappa shape index (κ3) is 2.98. The molecule has 0 atom stereocenters. The molecule has 0 amide bonds. The second-order valence-electron chi connectivity index (χ2n) is 4.19. The molecule has 1 aromatic rings. The van der Waals surface area contributed by atoms with Crippen LogP contribution in [0.15, 0.2) is 18.2 Å². The molecule has 1 rings (SSSR count). The molecule has 0 aliphatic rings. The Hall–Kier alpha value is -2.55. The van der Waals surface area contributed by atoms with Crippen LogP contribution in [0, 0.1) is 22.5 Å². The SMILES string of the molecule is C#CC(C)(C)Nc1ccc(C(=O)O)cc1[N+](=O)[O-]. The lowest BCUT2D eigenvalue weighted by Crippen LogP contribution is -2.28. The maximum atomic E-state index is 10.9. The molecule has 2 N–H and O–H groups in total. The lowest BCUT2D eigenvalue weighted by atomic mass is 10.1. The average molecular weight is 248 g/mol. The third-order valence-electron chi connectivity index (χ3n) is 2.25. The maximum Gasteiger partial charge on any atom is 0.335 e. The van der Waals surface area contributed by atoms with E-state index in [1.165, 1.54) is 12.1 Å². The van der Waals surface area contributed by atoms with Crippen LogP contribution in [0.25, 0.3) is 0 Å². The molecule has 0 saturated heterocycles. The number of terminal acetylenes is 1. The van der Waals surface area contributed by atoms with Crippen molar-refractivity contribution in [1.29, 1.82) is 0 Å². The van der Waals surface area contributed by atoms with Crippen LogP contribution in [-0.4, -0.2) is 21.5 Å². The van der Waals surface area contributed by atoms with Gasteiger partial charge in [-0.3, -0.25) is 10.1 Å². The van der Waals surface area contributed by atoms with Crippen LogP contribution in [-0.2, 0) is 0 Å². The minimum absolute atomic E-state index is 0.147. The van der Waals surface area contributed by atoms with Crippen LogP contribution in [0.5, 0.6) is 0 Å². The third-order valence-corrected chi connectivity index (χ3v) is 2.25. The first kappa shape index (κ1) is 13.5. The van der Waals surface area contributed by atoms with E-state index in [2.05, 4.69) is 11.2 Å². The van der Waals surface area contributed by atoms with Gasteiger partial charge in [0.05, 0.1) is 16.0 Å². The van der Waals surface area contributed by atoms with E-state index < -0.39 is 16.4 Å². The summed E-state index contributed by atoms with van der Waals surface area (Å²) < 4.78 is 0. The highest BCUT2D eigenvalue weighted by Gasteiger charge is 2.22. The minimum Gasteiger partial charge on any atom is -0.478 e.